The van der Waals surface area contributed by atoms with E-state index < -0.39 is 10.0 Å². The average molecular weight is 348 g/mol. The Labute approximate surface area is 141 Å². The number of oxazole rings is 1. The fourth-order valence-corrected chi connectivity index (χ4v) is 4.63. The van der Waals surface area contributed by atoms with E-state index in [0.29, 0.717) is 11.8 Å². The van der Waals surface area contributed by atoms with E-state index in [1.54, 1.807) is 0 Å². The first kappa shape index (κ1) is 15.8. The molecular formula is C17H20N2O4S. The maximum Gasteiger partial charge on any atom is 0.276 e. The first-order chi connectivity index (χ1) is 11.6. The van der Waals surface area contributed by atoms with Gasteiger partial charge in [0.25, 0.3) is 15.1 Å². The standard InChI is InChI=1S/C17H20N2O4S/c20-24(21,19-14-8-6-12-7-9-15(14)22-11-12)16-10-18-17(23-16)13-4-2-1-3-5-13/h1-5,10,12,14-15,19H,6-9,11H2. The molecule has 7 heteroatoms. The molecule has 1 aromatic heterocycles. The maximum absolute atomic E-state index is 12.6. The third-order valence-electron chi connectivity index (χ3n) is 4.82. The van der Waals surface area contributed by atoms with E-state index in [-0.39, 0.29) is 17.2 Å². The molecule has 3 aliphatic rings. The molecule has 0 spiro atoms. The van der Waals surface area contributed by atoms with Gasteiger partial charge in [0, 0.05) is 18.2 Å². The fraction of sp³-hybridized carbons (Fsp3) is 0.471. The highest BCUT2D eigenvalue weighted by atomic mass is 32.2. The molecule has 2 aromatic rings. The molecule has 1 aliphatic carbocycles. The number of ether oxygens (including phenoxy) is 1. The number of nitrogens with one attached hydrogen (secondary N) is 1. The molecule has 1 aromatic carbocycles. The molecule has 2 aliphatic heterocycles. The second-order valence-corrected chi connectivity index (χ2v) is 8.12. The van der Waals surface area contributed by atoms with Gasteiger partial charge >= 0.3 is 0 Å². The summed E-state index contributed by atoms with van der Waals surface area (Å²) in [5, 5.41) is -0.153. The van der Waals surface area contributed by atoms with Gasteiger partial charge in [-0.3, -0.25) is 0 Å². The lowest BCUT2D eigenvalue weighted by atomic mass is 10.00. The molecule has 0 radical (unpaired) electrons. The van der Waals surface area contributed by atoms with Crippen LogP contribution in [0, 0.1) is 5.92 Å². The summed E-state index contributed by atoms with van der Waals surface area (Å²) in [6.45, 7) is 0.739. The summed E-state index contributed by atoms with van der Waals surface area (Å²) in [7, 11) is -3.75. The van der Waals surface area contributed by atoms with E-state index in [9.17, 15) is 8.42 Å². The average Bonchev–Trinajstić information content (AvgIpc) is 2.96. The van der Waals surface area contributed by atoms with Crippen molar-refractivity contribution in [2.24, 2.45) is 5.92 Å². The summed E-state index contributed by atoms with van der Waals surface area (Å²) in [6, 6.07) is 9.04. The minimum atomic E-state index is -3.75. The first-order valence-electron chi connectivity index (χ1n) is 8.27. The number of nitrogens with zero attached hydrogens (tertiary/aromatic N) is 1. The fourth-order valence-electron chi connectivity index (χ4n) is 3.46. The van der Waals surface area contributed by atoms with Crippen molar-refractivity contribution in [2.75, 3.05) is 6.61 Å². The molecule has 1 saturated carbocycles. The maximum atomic E-state index is 12.6. The van der Waals surface area contributed by atoms with Crippen molar-refractivity contribution in [3.05, 3.63) is 36.5 Å². The number of fused-ring (bicyclic) bond motifs is 4. The summed E-state index contributed by atoms with van der Waals surface area (Å²) >= 11 is 0. The Kier molecular flexibility index (Phi) is 4.15. The van der Waals surface area contributed by atoms with E-state index in [1.165, 1.54) is 6.20 Å². The predicted molar refractivity (Wildman–Crippen MR) is 87.7 cm³/mol. The molecule has 2 saturated heterocycles. The highest BCUT2D eigenvalue weighted by Crippen LogP contribution is 2.32. The zero-order valence-electron chi connectivity index (χ0n) is 13.2. The second kappa shape index (κ2) is 6.31. The van der Waals surface area contributed by atoms with Crippen molar-refractivity contribution in [2.45, 2.75) is 42.9 Å². The molecular weight excluding hydrogens is 328 g/mol. The van der Waals surface area contributed by atoms with Gasteiger partial charge in [0.2, 0.25) is 5.89 Å². The van der Waals surface area contributed by atoms with Crippen LogP contribution in [0.5, 0.6) is 0 Å². The second-order valence-electron chi connectivity index (χ2n) is 6.47. The number of sulfonamides is 1. The van der Waals surface area contributed by atoms with Gasteiger partial charge in [-0.25, -0.2) is 18.1 Å². The summed E-state index contributed by atoms with van der Waals surface area (Å²) in [4.78, 5) is 4.09. The monoisotopic (exact) mass is 348 g/mol. The Morgan fingerprint density at radius 3 is 2.62 bits per heavy atom. The number of rotatable bonds is 4. The minimum Gasteiger partial charge on any atom is -0.423 e. The van der Waals surface area contributed by atoms with E-state index >= 15 is 0 Å². The molecule has 6 nitrogen and oxygen atoms in total. The number of benzene rings is 1. The highest BCUT2D eigenvalue weighted by molar-refractivity contribution is 7.89. The van der Waals surface area contributed by atoms with Crippen molar-refractivity contribution >= 4 is 10.0 Å². The Morgan fingerprint density at radius 1 is 1.08 bits per heavy atom. The van der Waals surface area contributed by atoms with Crippen LogP contribution < -0.4 is 4.72 Å². The largest absolute Gasteiger partial charge is 0.423 e. The summed E-state index contributed by atoms with van der Waals surface area (Å²) in [6.07, 6.45) is 5.03. The molecule has 5 rings (SSSR count). The molecule has 1 N–H and O–H groups in total. The first-order valence-corrected chi connectivity index (χ1v) is 9.75. The number of hydrogen-bond acceptors (Lipinski definition) is 5. The van der Waals surface area contributed by atoms with Crippen LogP contribution in [0.4, 0.5) is 0 Å². The van der Waals surface area contributed by atoms with E-state index in [1.807, 2.05) is 30.3 Å². The lowest BCUT2D eigenvalue weighted by Gasteiger charge is -2.28. The van der Waals surface area contributed by atoms with E-state index in [2.05, 4.69) is 9.71 Å². The molecule has 3 atom stereocenters. The zero-order chi connectivity index (χ0) is 16.6. The van der Waals surface area contributed by atoms with Crippen molar-refractivity contribution < 1.29 is 17.6 Å². The van der Waals surface area contributed by atoms with Crippen LogP contribution in [-0.2, 0) is 14.8 Å². The molecule has 3 unspecified atom stereocenters. The number of aromatic nitrogens is 1. The third-order valence-corrected chi connectivity index (χ3v) is 6.15. The normalized spacial score (nSPS) is 27.1. The SMILES string of the molecule is O=S(=O)(NC1CCC2CCC1OC2)c1cnc(-c2ccccc2)o1. The van der Waals surface area contributed by atoms with Crippen LogP contribution in [-0.4, -0.2) is 32.2 Å². The van der Waals surface area contributed by atoms with Crippen LogP contribution in [0.3, 0.4) is 0 Å². The smallest absolute Gasteiger partial charge is 0.276 e. The van der Waals surface area contributed by atoms with Gasteiger partial charge in [-0.15, -0.1) is 0 Å². The molecule has 2 bridgehead atoms. The molecule has 24 heavy (non-hydrogen) atoms. The summed E-state index contributed by atoms with van der Waals surface area (Å²) in [5.41, 5.74) is 0.746. The quantitative estimate of drug-likeness (QED) is 0.918. The predicted octanol–water partition coefficient (Wildman–Crippen LogP) is 2.58. The Hall–Kier alpha value is -1.70. The van der Waals surface area contributed by atoms with Crippen molar-refractivity contribution in [3.8, 4) is 11.5 Å². The van der Waals surface area contributed by atoms with Gasteiger partial charge in [-0.1, -0.05) is 18.2 Å². The zero-order valence-corrected chi connectivity index (χ0v) is 14.0. The summed E-state index contributed by atoms with van der Waals surface area (Å²) in [5.74, 6) is 0.861. The minimum absolute atomic E-state index is 0.0463. The molecule has 0 amide bonds. The van der Waals surface area contributed by atoms with Gasteiger partial charge < -0.3 is 9.15 Å². The van der Waals surface area contributed by atoms with Crippen LogP contribution in [0.2, 0.25) is 0 Å². The van der Waals surface area contributed by atoms with Crippen LogP contribution in [0.15, 0.2) is 46.0 Å². The van der Waals surface area contributed by atoms with Crippen LogP contribution in [0.25, 0.3) is 11.5 Å². The molecule has 3 heterocycles. The molecule has 3 fully saturated rings. The highest BCUT2D eigenvalue weighted by Gasteiger charge is 2.36. The Bertz CT molecular complexity index is 795. The van der Waals surface area contributed by atoms with Gasteiger partial charge in [0.05, 0.1) is 12.3 Å². The lowest BCUT2D eigenvalue weighted by Crippen LogP contribution is -2.44. The topological polar surface area (TPSA) is 81.4 Å². The van der Waals surface area contributed by atoms with Gasteiger partial charge in [0.1, 0.15) is 0 Å². The molecule has 128 valence electrons. The van der Waals surface area contributed by atoms with Crippen LogP contribution >= 0.6 is 0 Å². The van der Waals surface area contributed by atoms with Gasteiger partial charge in [-0.2, -0.15) is 0 Å². The van der Waals surface area contributed by atoms with E-state index in [4.69, 9.17) is 9.15 Å². The van der Waals surface area contributed by atoms with Gasteiger partial charge in [0.15, 0.2) is 0 Å². The Morgan fingerprint density at radius 2 is 1.88 bits per heavy atom. The van der Waals surface area contributed by atoms with Crippen molar-refractivity contribution in [3.63, 3.8) is 0 Å². The summed E-state index contributed by atoms with van der Waals surface area (Å²) < 4.78 is 39.3. The van der Waals surface area contributed by atoms with Crippen molar-refractivity contribution in [1.82, 2.24) is 9.71 Å². The number of hydrogen-bond donors (Lipinski definition) is 1. The third kappa shape index (κ3) is 3.11. The van der Waals surface area contributed by atoms with Crippen molar-refractivity contribution in [1.29, 1.82) is 0 Å². The Balaban J connectivity index is 1.54. The van der Waals surface area contributed by atoms with Crippen LogP contribution in [0.1, 0.15) is 25.7 Å². The lowest BCUT2D eigenvalue weighted by molar-refractivity contribution is -0.0116. The van der Waals surface area contributed by atoms with E-state index in [0.717, 1.165) is 37.9 Å². The van der Waals surface area contributed by atoms with Gasteiger partial charge in [-0.05, 0) is 43.7 Å².